The Bertz CT molecular complexity index is 1030. The van der Waals surface area contributed by atoms with Crippen molar-refractivity contribution >= 4 is 39.1 Å². The van der Waals surface area contributed by atoms with E-state index in [2.05, 4.69) is 5.32 Å². The largest absolute Gasteiger partial charge is 0.355 e. The smallest absolute Gasteiger partial charge is 0.244 e. The van der Waals surface area contributed by atoms with Gasteiger partial charge >= 0.3 is 0 Å². The average molecular weight is 467 g/mol. The number of hydrogen-bond acceptors (Lipinski definition) is 3. The van der Waals surface area contributed by atoms with Crippen LogP contribution >= 0.6 is 23.2 Å². The maximum absolute atomic E-state index is 12.9. The Balaban J connectivity index is 1.33. The Morgan fingerprint density at radius 2 is 1.67 bits per heavy atom. The lowest BCUT2D eigenvalue weighted by molar-refractivity contribution is -0.126. The van der Waals surface area contributed by atoms with Gasteiger partial charge in [0.25, 0.3) is 0 Å². The molecule has 1 aliphatic heterocycles. The SMILES string of the molecule is O=C(NCC1(c2ccc(Cl)cc2)CC1)C1CCN(S(=O)(=O)c2ccccc2Cl)CC1. The highest BCUT2D eigenvalue weighted by Crippen LogP contribution is 2.47. The van der Waals surface area contributed by atoms with Crippen LogP contribution < -0.4 is 5.32 Å². The van der Waals surface area contributed by atoms with Crippen molar-refractivity contribution in [1.29, 1.82) is 0 Å². The second-order valence-corrected chi connectivity index (χ2v) is 10.9. The van der Waals surface area contributed by atoms with Crippen molar-refractivity contribution in [2.75, 3.05) is 19.6 Å². The molecule has 160 valence electrons. The number of benzene rings is 2. The number of nitrogens with one attached hydrogen (secondary N) is 1. The van der Waals surface area contributed by atoms with Gasteiger partial charge in [0.1, 0.15) is 4.90 Å². The summed E-state index contributed by atoms with van der Waals surface area (Å²) in [6.45, 7) is 1.23. The number of amides is 1. The van der Waals surface area contributed by atoms with Crippen molar-refractivity contribution in [2.24, 2.45) is 5.92 Å². The molecule has 2 fully saturated rings. The highest BCUT2D eigenvalue weighted by Gasteiger charge is 2.44. The van der Waals surface area contributed by atoms with Gasteiger partial charge in [-0.3, -0.25) is 4.79 Å². The van der Waals surface area contributed by atoms with E-state index in [0.29, 0.717) is 37.5 Å². The lowest BCUT2D eigenvalue weighted by atomic mass is 9.94. The van der Waals surface area contributed by atoms with E-state index in [1.165, 1.54) is 15.9 Å². The number of hydrogen-bond donors (Lipinski definition) is 1. The molecule has 0 radical (unpaired) electrons. The molecular formula is C22H24Cl2N2O3S. The molecule has 30 heavy (non-hydrogen) atoms. The Kier molecular flexibility index (Phi) is 6.13. The third-order valence-corrected chi connectivity index (χ3v) is 8.84. The summed E-state index contributed by atoms with van der Waals surface area (Å²) in [5, 5.41) is 4.02. The molecule has 2 aromatic rings. The van der Waals surface area contributed by atoms with Crippen LogP contribution in [0.2, 0.25) is 10.0 Å². The molecule has 1 amide bonds. The minimum Gasteiger partial charge on any atom is -0.355 e. The van der Waals surface area contributed by atoms with Crippen LogP contribution in [0.3, 0.4) is 0 Å². The van der Waals surface area contributed by atoms with E-state index in [0.717, 1.165) is 12.8 Å². The van der Waals surface area contributed by atoms with Crippen molar-refractivity contribution in [3.05, 3.63) is 64.1 Å². The molecule has 0 unspecified atom stereocenters. The molecule has 4 rings (SSSR count). The van der Waals surface area contributed by atoms with E-state index < -0.39 is 10.0 Å². The van der Waals surface area contributed by atoms with Crippen molar-refractivity contribution in [1.82, 2.24) is 9.62 Å². The summed E-state index contributed by atoms with van der Waals surface area (Å²) >= 11 is 12.1. The summed E-state index contributed by atoms with van der Waals surface area (Å²) in [5.41, 5.74) is 1.21. The lowest BCUT2D eigenvalue weighted by Gasteiger charge is -2.31. The number of halogens is 2. The highest BCUT2D eigenvalue weighted by atomic mass is 35.5. The fraction of sp³-hybridized carbons (Fsp3) is 0.409. The van der Waals surface area contributed by atoms with Gasteiger partial charge in [-0.05, 0) is 55.5 Å². The first-order chi connectivity index (χ1) is 14.3. The van der Waals surface area contributed by atoms with E-state index in [9.17, 15) is 13.2 Å². The van der Waals surface area contributed by atoms with Gasteiger partial charge < -0.3 is 5.32 Å². The second-order valence-electron chi connectivity index (χ2n) is 8.11. The van der Waals surface area contributed by atoms with Crippen molar-refractivity contribution in [2.45, 2.75) is 36.0 Å². The molecule has 8 heteroatoms. The summed E-state index contributed by atoms with van der Waals surface area (Å²) < 4.78 is 27.1. The van der Waals surface area contributed by atoms with Crippen LogP contribution in [0, 0.1) is 5.92 Å². The number of rotatable bonds is 6. The van der Waals surface area contributed by atoms with E-state index >= 15 is 0 Å². The third kappa shape index (κ3) is 4.37. The predicted octanol–water partition coefficient (Wildman–Crippen LogP) is 4.24. The van der Waals surface area contributed by atoms with Gasteiger partial charge in [0, 0.05) is 36.0 Å². The van der Waals surface area contributed by atoms with Gasteiger partial charge in [-0.15, -0.1) is 0 Å². The van der Waals surface area contributed by atoms with Gasteiger partial charge in [-0.25, -0.2) is 8.42 Å². The third-order valence-electron chi connectivity index (χ3n) is 6.19. The average Bonchev–Trinajstić information content (AvgIpc) is 3.54. The predicted molar refractivity (Wildman–Crippen MR) is 118 cm³/mol. The highest BCUT2D eigenvalue weighted by molar-refractivity contribution is 7.89. The fourth-order valence-corrected chi connectivity index (χ4v) is 6.16. The van der Waals surface area contributed by atoms with E-state index in [-0.39, 0.29) is 27.2 Å². The number of sulfonamides is 1. The summed E-state index contributed by atoms with van der Waals surface area (Å²) in [6.07, 6.45) is 3.10. The van der Waals surface area contributed by atoms with Gasteiger partial charge in [0.2, 0.25) is 15.9 Å². The Labute approximate surface area is 187 Å². The molecule has 5 nitrogen and oxygen atoms in total. The standard InChI is InChI=1S/C22H24Cl2N2O3S/c23-18-7-5-17(6-8-18)22(11-12-22)15-25-21(27)16-9-13-26(14-10-16)30(28,29)20-4-2-1-3-19(20)24/h1-8,16H,9-15H2,(H,25,27). The Hall–Kier alpha value is -1.60. The second kappa shape index (κ2) is 8.50. The molecule has 2 aromatic carbocycles. The normalized spacial score (nSPS) is 19.4. The number of carbonyl (C=O) groups excluding carboxylic acids is 1. The maximum Gasteiger partial charge on any atom is 0.244 e. The van der Waals surface area contributed by atoms with Crippen molar-refractivity contribution in [3.63, 3.8) is 0 Å². The molecule has 0 spiro atoms. The fourth-order valence-electron chi connectivity index (χ4n) is 4.07. The zero-order valence-corrected chi connectivity index (χ0v) is 18.8. The molecule has 1 aliphatic carbocycles. The molecule has 1 saturated carbocycles. The number of carbonyl (C=O) groups is 1. The van der Waals surface area contributed by atoms with E-state index in [1.807, 2.05) is 24.3 Å². The number of nitrogens with zero attached hydrogens (tertiary/aromatic N) is 1. The van der Waals surface area contributed by atoms with E-state index in [1.54, 1.807) is 18.2 Å². The van der Waals surface area contributed by atoms with Crippen LogP contribution in [0.1, 0.15) is 31.2 Å². The summed E-state index contributed by atoms with van der Waals surface area (Å²) in [4.78, 5) is 12.8. The first kappa shape index (κ1) is 21.6. The minimum absolute atomic E-state index is 0.00466. The van der Waals surface area contributed by atoms with Gasteiger partial charge in [0.15, 0.2) is 0 Å². The molecule has 1 N–H and O–H groups in total. The Morgan fingerprint density at radius 1 is 1.03 bits per heavy atom. The zero-order valence-electron chi connectivity index (χ0n) is 16.5. The van der Waals surface area contributed by atoms with E-state index in [4.69, 9.17) is 23.2 Å². The van der Waals surface area contributed by atoms with Crippen LogP contribution in [0.15, 0.2) is 53.4 Å². The molecule has 1 heterocycles. The van der Waals surface area contributed by atoms with Gasteiger partial charge in [-0.1, -0.05) is 47.5 Å². The molecule has 2 aliphatic rings. The van der Waals surface area contributed by atoms with Crippen LogP contribution in [0.25, 0.3) is 0 Å². The van der Waals surface area contributed by atoms with Crippen LogP contribution in [0.5, 0.6) is 0 Å². The number of piperidine rings is 1. The molecular weight excluding hydrogens is 443 g/mol. The molecule has 1 saturated heterocycles. The minimum atomic E-state index is -3.65. The van der Waals surface area contributed by atoms with Gasteiger partial charge in [0.05, 0.1) is 5.02 Å². The quantitative estimate of drug-likeness (QED) is 0.691. The first-order valence-electron chi connectivity index (χ1n) is 10.1. The molecule has 0 bridgehead atoms. The first-order valence-corrected chi connectivity index (χ1v) is 12.3. The summed E-state index contributed by atoms with van der Waals surface area (Å²) in [6, 6.07) is 14.3. The summed E-state index contributed by atoms with van der Waals surface area (Å²) in [5.74, 6) is -0.172. The van der Waals surface area contributed by atoms with Crippen LogP contribution in [-0.2, 0) is 20.2 Å². The van der Waals surface area contributed by atoms with Gasteiger partial charge in [-0.2, -0.15) is 4.31 Å². The van der Waals surface area contributed by atoms with Crippen molar-refractivity contribution < 1.29 is 13.2 Å². The maximum atomic E-state index is 12.9. The monoisotopic (exact) mass is 466 g/mol. The lowest BCUT2D eigenvalue weighted by Crippen LogP contribution is -2.44. The molecule has 0 aromatic heterocycles. The van der Waals surface area contributed by atoms with Crippen molar-refractivity contribution in [3.8, 4) is 0 Å². The Morgan fingerprint density at radius 3 is 2.27 bits per heavy atom. The topological polar surface area (TPSA) is 66.5 Å². The zero-order chi connectivity index (χ0) is 21.4. The summed E-state index contributed by atoms with van der Waals surface area (Å²) in [7, 11) is -3.65. The van der Waals surface area contributed by atoms with Crippen LogP contribution in [0.4, 0.5) is 0 Å². The van der Waals surface area contributed by atoms with Crippen LogP contribution in [-0.4, -0.2) is 38.3 Å². The molecule has 0 atom stereocenters.